The molecule has 15 heavy (non-hydrogen) atoms. The summed E-state index contributed by atoms with van der Waals surface area (Å²) in [6, 6.07) is 0. The monoisotopic (exact) mass is 212 g/mol. The molecule has 4 heteroatoms. The van der Waals surface area contributed by atoms with E-state index in [2.05, 4.69) is 6.58 Å². The van der Waals surface area contributed by atoms with Crippen molar-refractivity contribution in [1.82, 2.24) is 0 Å². The van der Waals surface area contributed by atoms with E-state index in [0.717, 1.165) is 25.7 Å². The molecule has 1 rings (SSSR count). The molecule has 0 bridgehead atoms. The summed E-state index contributed by atoms with van der Waals surface area (Å²) in [6.45, 7) is 4.71. The van der Waals surface area contributed by atoms with Crippen molar-refractivity contribution < 1.29 is 19.1 Å². The van der Waals surface area contributed by atoms with Crippen molar-refractivity contribution in [3.8, 4) is 0 Å². The maximum atomic E-state index is 11.0. The van der Waals surface area contributed by atoms with Crippen LogP contribution in [-0.4, -0.2) is 24.0 Å². The van der Waals surface area contributed by atoms with Crippen molar-refractivity contribution in [1.29, 1.82) is 0 Å². The predicted molar refractivity (Wildman–Crippen MR) is 54.1 cm³/mol. The SMILES string of the molecule is C=COC1CCC(OC(=O)C(C)=O)CC1. The average Bonchev–Trinajstić information content (AvgIpc) is 2.21. The largest absolute Gasteiger partial charge is 0.499 e. The molecule has 0 saturated heterocycles. The standard InChI is InChI=1S/C11H16O4/c1-3-14-9-4-6-10(7-5-9)15-11(13)8(2)12/h3,9-10H,1,4-7H2,2H3. The zero-order valence-corrected chi connectivity index (χ0v) is 8.90. The van der Waals surface area contributed by atoms with Crippen molar-refractivity contribution >= 4 is 11.8 Å². The fourth-order valence-corrected chi connectivity index (χ4v) is 1.66. The zero-order chi connectivity index (χ0) is 11.3. The summed E-state index contributed by atoms with van der Waals surface area (Å²) >= 11 is 0. The van der Waals surface area contributed by atoms with Gasteiger partial charge in [-0.1, -0.05) is 6.58 Å². The quantitative estimate of drug-likeness (QED) is 0.403. The van der Waals surface area contributed by atoms with Gasteiger partial charge in [-0.15, -0.1) is 0 Å². The van der Waals surface area contributed by atoms with Crippen LogP contribution in [0.1, 0.15) is 32.6 Å². The molecule has 1 aliphatic carbocycles. The maximum Gasteiger partial charge on any atom is 0.374 e. The molecule has 0 aliphatic heterocycles. The lowest BCUT2D eigenvalue weighted by Gasteiger charge is -2.27. The van der Waals surface area contributed by atoms with Gasteiger partial charge in [-0.25, -0.2) is 4.79 Å². The van der Waals surface area contributed by atoms with E-state index in [1.165, 1.54) is 13.2 Å². The normalized spacial score (nSPS) is 25.4. The van der Waals surface area contributed by atoms with E-state index in [4.69, 9.17) is 9.47 Å². The molecule has 0 aromatic rings. The lowest BCUT2D eigenvalue weighted by Crippen LogP contribution is -2.29. The lowest BCUT2D eigenvalue weighted by molar-refractivity contribution is -0.159. The van der Waals surface area contributed by atoms with Gasteiger partial charge in [-0.2, -0.15) is 0 Å². The fourth-order valence-electron chi connectivity index (χ4n) is 1.66. The molecule has 1 saturated carbocycles. The highest BCUT2D eigenvalue weighted by atomic mass is 16.5. The second-order valence-electron chi connectivity index (χ2n) is 3.66. The number of ketones is 1. The zero-order valence-electron chi connectivity index (χ0n) is 8.90. The number of ether oxygens (including phenoxy) is 2. The fraction of sp³-hybridized carbons (Fsp3) is 0.636. The summed E-state index contributed by atoms with van der Waals surface area (Å²) in [6.07, 6.45) is 4.64. The average molecular weight is 212 g/mol. The van der Waals surface area contributed by atoms with Crippen LogP contribution in [-0.2, 0) is 19.1 Å². The Bertz CT molecular complexity index is 251. The first kappa shape index (κ1) is 11.8. The van der Waals surface area contributed by atoms with Gasteiger partial charge in [0.15, 0.2) is 0 Å². The van der Waals surface area contributed by atoms with E-state index in [9.17, 15) is 9.59 Å². The molecule has 0 spiro atoms. The van der Waals surface area contributed by atoms with Gasteiger partial charge in [0.25, 0.3) is 0 Å². The molecular formula is C11H16O4. The molecule has 1 fully saturated rings. The van der Waals surface area contributed by atoms with E-state index >= 15 is 0 Å². The van der Waals surface area contributed by atoms with Crippen LogP contribution >= 0.6 is 0 Å². The van der Waals surface area contributed by atoms with Gasteiger partial charge < -0.3 is 9.47 Å². The van der Waals surface area contributed by atoms with Crippen LogP contribution in [0.3, 0.4) is 0 Å². The Kier molecular flexibility index (Phi) is 4.34. The molecule has 4 nitrogen and oxygen atoms in total. The number of carbonyl (C=O) groups is 2. The van der Waals surface area contributed by atoms with Crippen molar-refractivity contribution in [3.05, 3.63) is 12.8 Å². The third-order valence-electron chi connectivity index (χ3n) is 2.47. The summed E-state index contributed by atoms with van der Waals surface area (Å²) in [4.78, 5) is 21.7. The van der Waals surface area contributed by atoms with Crippen molar-refractivity contribution in [2.75, 3.05) is 0 Å². The van der Waals surface area contributed by atoms with E-state index in [1.54, 1.807) is 0 Å². The molecule has 0 radical (unpaired) electrons. The van der Waals surface area contributed by atoms with Crippen LogP contribution in [0.2, 0.25) is 0 Å². The number of hydrogen-bond acceptors (Lipinski definition) is 4. The number of esters is 1. The highest BCUT2D eigenvalue weighted by molar-refractivity contribution is 6.32. The lowest BCUT2D eigenvalue weighted by atomic mass is 9.95. The van der Waals surface area contributed by atoms with E-state index < -0.39 is 11.8 Å². The Hall–Kier alpha value is -1.32. The van der Waals surface area contributed by atoms with E-state index in [0.29, 0.717) is 0 Å². The number of Topliss-reactive ketones (excluding diaryl/α,β-unsaturated/α-hetero) is 1. The number of carbonyl (C=O) groups excluding carboxylic acids is 2. The smallest absolute Gasteiger partial charge is 0.374 e. The minimum Gasteiger partial charge on any atom is -0.499 e. The van der Waals surface area contributed by atoms with Crippen LogP contribution in [0, 0.1) is 0 Å². The molecule has 84 valence electrons. The van der Waals surface area contributed by atoms with Gasteiger partial charge in [0.05, 0.1) is 12.4 Å². The number of hydrogen-bond donors (Lipinski definition) is 0. The van der Waals surface area contributed by atoms with Gasteiger partial charge in [0, 0.05) is 6.92 Å². The van der Waals surface area contributed by atoms with Crippen LogP contribution in [0.25, 0.3) is 0 Å². The first-order valence-corrected chi connectivity index (χ1v) is 5.11. The van der Waals surface area contributed by atoms with E-state index in [-0.39, 0.29) is 12.2 Å². The Balaban J connectivity index is 2.28. The molecular weight excluding hydrogens is 196 g/mol. The van der Waals surface area contributed by atoms with Gasteiger partial charge in [0.2, 0.25) is 5.78 Å². The Morgan fingerprint density at radius 1 is 1.20 bits per heavy atom. The van der Waals surface area contributed by atoms with Crippen LogP contribution in [0.5, 0.6) is 0 Å². The molecule has 0 unspecified atom stereocenters. The molecule has 0 aromatic heterocycles. The first-order chi connectivity index (χ1) is 7.13. The summed E-state index contributed by atoms with van der Waals surface area (Å²) < 4.78 is 10.2. The van der Waals surface area contributed by atoms with Crippen LogP contribution in [0.15, 0.2) is 12.8 Å². The van der Waals surface area contributed by atoms with Gasteiger partial charge in [0.1, 0.15) is 6.10 Å². The van der Waals surface area contributed by atoms with Gasteiger partial charge >= 0.3 is 5.97 Å². The highest BCUT2D eigenvalue weighted by Gasteiger charge is 2.25. The second-order valence-corrected chi connectivity index (χ2v) is 3.66. The summed E-state index contributed by atoms with van der Waals surface area (Å²) in [5, 5.41) is 0. The minimum absolute atomic E-state index is 0.133. The third-order valence-corrected chi connectivity index (χ3v) is 2.47. The third kappa shape index (κ3) is 3.73. The summed E-state index contributed by atoms with van der Waals surface area (Å²) in [5.41, 5.74) is 0. The molecule has 0 N–H and O–H groups in total. The second kappa shape index (κ2) is 5.53. The highest BCUT2D eigenvalue weighted by Crippen LogP contribution is 2.23. The van der Waals surface area contributed by atoms with Crippen molar-refractivity contribution in [3.63, 3.8) is 0 Å². The Morgan fingerprint density at radius 2 is 1.73 bits per heavy atom. The Morgan fingerprint density at radius 3 is 2.20 bits per heavy atom. The molecule has 0 heterocycles. The summed E-state index contributed by atoms with van der Waals surface area (Å²) in [5.74, 6) is -1.28. The molecule has 0 amide bonds. The molecule has 0 atom stereocenters. The first-order valence-electron chi connectivity index (χ1n) is 5.11. The molecule has 0 aromatic carbocycles. The Labute approximate surface area is 89.2 Å². The van der Waals surface area contributed by atoms with Crippen molar-refractivity contribution in [2.24, 2.45) is 0 Å². The van der Waals surface area contributed by atoms with E-state index in [1.807, 2.05) is 0 Å². The minimum atomic E-state index is -0.733. The topological polar surface area (TPSA) is 52.6 Å². The van der Waals surface area contributed by atoms with Crippen LogP contribution in [0.4, 0.5) is 0 Å². The summed E-state index contributed by atoms with van der Waals surface area (Å²) in [7, 11) is 0. The molecule has 1 aliphatic rings. The van der Waals surface area contributed by atoms with Crippen molar-refractivity contribution in [2.45, 2.75) is 44.8 Å². The predicted octanol–water partition coefficient (Wildman–Crippen LogP) is 1.59. The van der Waals surface area contributed by atoms with Gasteiger partial charge in [-0.05, 0) is 25.7 Å². The van der Waals surface area contributed by atoms with Gasteiger partial charge in [-0.3, -0.25) is 4.79 Å². The maximum absolute atomic E-state index is 11.0. The number of rotatable bonds is 4. The van der Waals surface area contributed by atoms with Crippen LogP contribution < -0.4 is 0 Å².